The molecule has 0 nitrogen and oxygen atoms in total. The van der Waals surface area contributed by atoms with E-state index in [2.05, 4.69) is 6.92 Å². The molecule has 1 rings (SSSR count). The third kappa shape index (κ3) is 4.44. The zero-order chi connectivity index (χ0) is 11.3. The first-order valence-corrected chi connectivity index (χ1v) is 7.09. The minimum atomic E-state index is 0.537. The third-order valence-corrected chi connectivity index (χ3v) is 4.28. The summed E-state index contributed by atoms with van der Waals surface area (Å²) in [5.74, 6) is 1.54. The van der Waals surface area contributed by atoms with Crippen molar-refractivity contribution in [3.63, 3.8) is 0 Å². The second-order valence-corrected chi connectivity index (χ2v) is 5.92. The monoisotopic (exact) mass is 282 g/mol. The van der Waals surface area contributed by atoms with Crippen molar-refractivity contribution >= 4 is 46.6 Å². The molecule has 1 aromatic carbocycles. The number of hydrogen-bond donors (Lipinski definition) is 0. The van der Waals surface area contributed by atoms with Crippen LogP contribution in [0.2, 0.25) is 10.0 Å². The maximum absolute atomic E-state index is 6.07. The highest BCUT2D eigenvalue weighted by atomic mass is 35.5. The second-order valence-electron chi connectivity index (χ2n) is 3.30. The van der Waals surface area contributed by atoms with E-state index in [-0.39, 0.29) is 0 Å². The Kier molecular flexibility index (Phi) is 6.21. The molecule has 1 atom stereocenters. The summed E-state index contributed by atoms with van der Waals surface area (Å²) in [4.78, 5) is 0. The summed E-state index contributed by atoms with van der Waals surface area (Å²) >= 11 is 19.6. The minimum Gasteiger partial charge on any atom is -0.154 e. The van der Waals surface area contributed by atoms with Gasteiger partial charge in [0.1, 0.15) is 0 Å². The number of hydrogen-bond acceptors (Lipinski definition) is 1. The highest BCUT2D eigenvalue weighted by molar-refractivity contribution is 7.99. The predicted octanol–water partition coefficient (Wildman–Crippen LogP) is 5.24. The van der Waals surface area contributed by atoms with Crippen molar-refractivity contribution in [1.82, 2.24) is 0 Å². The molecule has 0 bridgehead atoms. The van der Waals surface area contributed by atoms with Gasteiger partial charge in [0.05, 0.1) is 0 Å². The highest BCUT2D eigenvalue weighted by Gasteiger charge is 2.08. The van der Waals surface area contributed by atoms with Gasteiger partial charge >= 0.3 is 0 Å². The molecule has 1 aromatic rings. The molecule has 1 unspecified atom stereocenters. The molecule has 0 heterocycles. The fraction of sp³-hybridized carbons (Fsp3) is 0.455. The fourth-order valence-electron chi connectivity index (χ4n) is 1.13. The summed E-state index contributed by atoms with van der Waals surface area (Å²) in [5.41, 5.74) is 1.02. The number of benzene rings is 1. The maximum Gasteiger partial charge on any atom is 0.0461 e. The number of halogens is 3. The lowest BCUT2D eigenvalue weighted by Gasteiger charge is -2.11. The molecule has 0 spiro atoms. The van der Waals surface area contributed by atoms with Gasteiger partial charge in [0.15, 0.2) is 0 Å². The Balaban J connectivity index is 2.57. The van der Waals surface area contributed by atoms with Crippen LogP contribution in [0, 0.1) is 0 Å². The van der Waals surface area contributed by atoms with Crippen LogP contribution in [0.4, 0.5) is 0 Å². The molecule has 0 aliphatic rings. The summed E-state index contributed by atoms with van der Waals surface area (Å²) in [7, 11) is 0. The Bertz CT molecular complexity index is 294. The molecule has 4 heteroatoms. The normalized spacial score (nSPS) is 12.8. The molecule has 0 fully saturated rings. The van der Waals surface area contributed by atoms with E-state index in [9.17, 15) is 0 Å². The Morgan fingerprint density at radius 3 is 2.40 bits per heavy atom. The van der Waals surface area contributed by atoms with Crippen LogP contribution in [0.5, 0.6) is 0 Å². The first-order valence-electron chi connectivity index (χ1n) is 4.75. The topological polar surface area (TPSA) is 0 Å². The molecule has 0 aliphatic heterocycles. The van der Waals surface area contributed by atoms with Crippen LogP contribution in [0.1, 0.15) is 18.9 Å². The van der Waals surface area contributed by atoms with Gasteiger partial charge in [0.2, 0.25) is 0 Å². The van der Waals surface area contributed by atoms with E-state index in [0.717, 1.165) is 27.8 Å². The van der Waals surface area contributed by atoms with Gasteiger partial charge in [-0.05, 0) is 24.1 Å². The molecular weight excluding hydrogens is 271 g/mol. The van der Waals surface area contributed by atoms with Crippen LogP contribution < -0.4 is 0 Å². The van der Waals surface area contributed by atoms with Crippen LogP contribution >= 0.6 is 46.6 Å². The Labute approximate surface area is 110 Å². The van der Waals surface area contributed by atoms with Crippen LogP contribution in [0.15, 0.2) is 18.2 Å². The fourth-order valence-corrected chi connectivity index (χ4v) is 3.33. The van der Waals surface area contributed by atoms with E-state index < -0.39 is 0 Å². The first-order chi connectivity index (χ1) is 7.15. The summed E-state index contributed by atoms with van der Waals surface area (Å²) < 4.78 is 0. The van der Waals surface area contributed by atoms with E-state index in [1.807, 2.05) is 30.0 Å². The molecular formula is C11H13Cl3S. The molecule has 0 aromatic heterocycles. The maximum atomic E-state index is 6.07. The van der Waals surface area contributed by atoms with E-state index in [4.69, 9.17) is 34.8 Å². The number of thioether (sulfide) groups is 1. The predicted molar refractivity (Wildman–Crippen MR) is 72.6 cm³/mol. The Morgan fingerprint density at radius 1 is 1.27 bits per heavy atom. The average molecular weight is 284 g/mol. The van der Waals surface area contributed by atoms with Gasteiger partial charge < -0.3 is 0 Å². The van der Waals surface area contributed by atoms with E-state index in [1.165, 1.54) is 0 Å². The lowest BCUT2D eigenvalue weighted by Crippen LogP contribution is -1.98. The van der Waals surface area contributed by atoms with Crippen molar-refractivity contribution in [3.8, 4) is 0 Å². The minimum absolute atomic E-state index is 0.537. The molecule has 0 amide bonds. The average Bonchev–Trinajstić information content (AvgIpc) is 2.17. The molecule has 0 aliphatic carbocycles. The molecule has 84 valence electrons. The van der Waals surface area contributed by atoms with Crippen LogP contribution in [-0.4, -0.2) is 11.1 Å². The summed E-state index contributed by atoms with van der Waals surface area (Å²) in [6.07, 6.45) is 1.01. The second kappa shape index (κ2) is 6.90. The molecule has 0 N–H and O–H groups in total. The third-order valence-electron chi connectivity index (χ3n) is 2.09. The Morgan fingerprint density at radius 2 is 1.87 bits per heavy atom. The smallest absolute Gasteiger partial charge is 0.0461 e. The van der Waals surface area contributed by atoms with Gasteiger partial charge in [0, 0.05) is 26.9 Å². The summed E-state index contributed by atoms with van der Waals surface area (Å²) in [5, 5.41) is 2.02. The zero-order valence-electron chi connectivity index (χ0n) is 8.47. The van der Waals surface area contributed by atoms with Crippen LogP contribution in [-0.2, 0) is 5.75 Å². The summed E-state index contributed by atoms with van der Waals surface area (Å²) in [6.45, 7) is 2.16. The van der Waals surface area contributed by atoms with Crippen LogP contribution in [0.3, 0.4) is 0 Å². The van der Waals surface area contributed by atoms with Gasteiger partial charge in [-0.2, -0.15) is 11.8 Å². The standard InChI is InChI=1S/C11H13Cl3S/c1-8(5-6-12)15-7-9-10(13)3-2-4-11(9)14/h2-4,8H,5-7H2,1H3. The van der Waals surface area contributed by atoms with Gasteiger partial charge in [-0.25, -0.2) is 0 Å². The quantitative estimate of drug-likeness (QED) is 0.666. The molecule has 0 saturated heterocycles. The number of rotatable bonds is 5. The molecule has 0 radical (unpaired) electrons. The van der Waals surface area contributed by atoms with Crippen molar-refractivity contribution in [2.45, 2.75) is 24.3 Å². The van der Waals surface area contributed by atoms with E-state index in [0.29, 0.717) is 11.1 Å². The van der Waals surface area contributed by atoms with Gasteiger partial charge in [-0.15, -0.1) is 11.6 Å². The van der Waals surface area contributed by atoms with E-state index in [1.54, 1.807) is 0 Å². The lowest BCUT2D eigenvalue weighted by atomic mass is 10.2. The van der Waals surface area contributed by atoms with Gasteiger partial charge in [0.25, 0.3) is 0 Å². The van der Waals surface area contributed by atoms with Crippen molar-refractivity contribution in [1.29, 1.82) is 0 Å². The highest BCUT2D eigenvalue weighted by Crippen LogP contribution is 2.30. The van der Waals surface area contributed by atoms with E-state index >= 15 is 0 Å². The van der Waals surface area contributed by atoms with Crippen molar-refractivity contribution in [2.75, 3.05) is 5.88 Å². The van der Waals surface area contributed by atoms with Gasteiger partial charge in [-0.1, -0.05) is 36.2 Å². The van der Waals surface area contributed by atoms with Crippen LogP contribution in [0.25, 0.3) is 0 Å². The number of alkyl halides is 1. The zero-order valence-corrected chi connectivity index (χ0v) is 11.6. The first kappa shape index (κ1) is 13.5. The summed E-state index contributed by atoms with van der Waals surface area (Å²) in [6, 6.07) is 5.60. The van der Waals surface area contributed by atoms with Crippen molar-refractivity contribution in [2.24, 2.45) is 0 Å². The van der Waals surface area contributed by atoms with Crippen molar-refractivity contribution in [3.05, 3.63) is 33.8 Å². The Hall–Kier alpha value is 0.440. The van der Waals surface area contributed by atoms with Crippen molar-refractivity contribution < 1.29 is 0 Å². The largest absolute Gasteiger partial charge is 0.154 e. The van der Waals surface area contributed by atoms with Gasteiger partial charge in [-0.3, -0.25) is 0 Å². The molecule has 15 heavy (non-hydrogen) atoms. The molecule has 0 saturated carbocycles. The lowest BCUT2D eigenvalue weighted by molar-refractivity contribution is 0.912. The SMILES string of the molecule is CC(CCCl)SCc1c(Cl)cccc1Cl.